The predicted molar refractivity (Wildman–Crippen MR) is 113 cm³/mol. The van der Waals surface area contributed by atoms with Gasteiger partial charge in [-0.3, -0.25) is 4.90 Å². The summed E-state index contributed by atoms with van der Waals surface area (Å²) in [5.74, 6) is 0.939. The number of nitrogens with zero attached hydrogens (tertiary/aromatic N) is 6. The van der Waals surface area contributed by atoms with Crippen molar-refractivity contribution >= 4 is 34.8 Å². The summed E-state index contributed by atoms with van der Waals surface area (Å²) in [6, 6.07) is 7.36. The highest BCUT2D eigenvalue weighted by Gasteiger charge is 2.32. The number of carbonyl (C=O) groups is 1. The molecular weight excluding hydrogens is 404 g/mol. The molecule has 154 valence electrons. The first-order chi connectivity index (χ1) is 14.4. The molecule has 4 aromatic rings. The van der Waals surface area contributed by atoms with Crippen LogP contribution in [0.2, 0.25) is 5.15 Å². The van der Waals surface area contributed by atoms with Crippen LogP contribution in [0.15, 0.2) is 36.7 Å². The summed E-state index contributed by atoms with van der Waals surface area (Å²) >= 11 is 6.27. The molecule has 0 bridgehead atoms. The van der Waals surface area contributed by atoms with E-state index >= 15 is 0 Å². The molecule has 0 atom stereocenters. The summed E-state index contributed by atoms with van der Waals surface area (Å²) in [7, 11) is 0. The maximum Gasteiger partial charge on any atom is 0.413 e. The molecule has 4 aromatic heterocycles. The summed E-state index contributed by atoms with van der Waals surface area (Å²) in [5.41, 5.74) is 4.13. The van der Waals surface area contributed by atoms with Crippen molar-refractivity contribution in [2.24, 2.45) is 0 Å². The average molecular weight is 425 g/mol. The van der Waals surface area contributed by atoms with Crippen LogP contribution in [0.4, 0.5) is 10.6 Å². The van der Waals surface area contributed by atoms with E-state index in [1.807, 2.05) is 38.2 Å². The normalized spacial score (nSPS) is 14.1. The largest absolute Gasteiger partial charge is 0.465 e. The van der Waals surface area contributed by atoms with Crippen molar-refractivity contribution in [2.75, 3.05) is 4.90 Å². The first-order valence-corrected chi connectivity index (χ1v) is 10.3. The van der Waals surface area contributed by atoms with E-state index in [0.717, 1.165) is 35.4 Å². The van der Waals surface area contributed by atoms with Gasteiger partial charge >= 0.3 is 6.09 Å². The van der Waals surface area contributed by atoms with Gasteiger partial charge in [-0.05, 0) is 30.9 Å². The highest BCUT2D eigenvalue weighted by molar-refractivity contribution is 6.29. The van der Waals surface area contributed by atoms with Crippen LogP contribution < -0.4 is 4.90 Å². The van der Waals surface area contributed by atoms with Crippen molar-refractivity contribution in [3.63, 3.8) is 0 Å². The van der Waals surface area contributed by atoms with Crippen LogP contribution in [0.3, 0.4) is 0 Å². The number of fused-ring (bicyclic) bond motifs is 2. The van der Waals surface area contributed by atoms with E-state index in [1.54, 1.807) is 10.7 Å². The Labute approximate surface area is 177 Å². The smallest absolute Gasteiger partial charge is 0.413 e. The van der Waals surface area contributed by atoms with Crippen molar-refractivity contribution in [1.29, 1.82) is 0 Å². The molecule has 1 N–H and O–H groups in total. The number of pyridine rings is 1. The van der Waals surface area contributed by atoms with E-state index in [-0.39, 0.29) is 17.6 Å². The number of imidazole rings is 1. The Balaban J connectivity index is 1.64. The number of carboxylic acid groups (broad SMARTS) is 1. The summed E-state index contributed by atoms with van der Waals surface area (Å²) < 4.78 is 3.61. The first-order valence-electron chi connectivity index (χ1n) is 9.94. The fourth-order valence-corrected chi connectivity index (χ4v) is 4.08. The van der Waals surface area contributed by atoms with Gasteiger partial charge in [-0.15, -0.1) is 0 Å². The van der Waals surface area contributed by atoms with E-state index in [4.69, 9.17) is 16.6 Å². The molecule has 0 saturated heterocycles. The molecule has 8 nitrogen and oxygen atoms in total. The molecule has 0 aromatic carbocycles. The number of halogens is 1. The third-order valence-corrected chi connectivity index (χ3v) is 5.69. The number of hydrogen-bond donors (Lipinski definition) is 1. The van der Waals surface area contributed by atoms with Gasteiger partial charge in [0.15, 0.2) is 5.65 Å². The Morgan fingerprint density at radius 1 is 1.33 bits per heavy atom. The highest BCUT2D eigenvalue weighted by atomic mass is 35.5. The zero-order valence-electron chi connectivity index (χ0n) is 16.7. The fraction of sp³-hybridized carbons (Fsp3) is 0.333. The van der Waals surface area contributed by atoms with Gasteiger partial charge in [-0.25, -0.2) is 14.8 Å². The molecule has 9 heteroatoms. The lowest BCUT2D eigenvalue weighted by atomic mass is 10.1. The second-order valence-electron chi connectivity index (χ2n) is 7.94. The standard InChI is InChI=1S/C21H21ClN6O2/c1-12(2)14-10-23-28-18(9-16(22)25-20(14)28)27(21(29)30)11-15-19(13-6-7-13)26-8-4-3-5-17(26)24-15/h3-5,8-10,12-13H,6-7,11H2,1-2H3,(H,29,30). The van der Waals surface area contributed by atoms with Crippen molar-refractivity contribution in [3.8, 4) is 0 Å². The SMILES string of the molecule is CC(C)c1cnn2c(N(Cc3nc4ccccn4c3C3CC3)C(=O)O)cc(Cl)nc12. The Kier molecular flexibility index (Phi) is 4.39. The number of anilines is 1. The van der Waals surface area contributed by atoms with E-state index in [0.29, 0.717) is 17.4 Å². The van der Waals surface area contributed by atoms with E-state index < -0.39 is 6.09 Å². The van der Waals surface area contributed by atoms with Gasteiger partial charge in [0.1, 0.15) is 16.6 Å². The van der Waals surface area contributed by atoms with E-state index in [1.165, 1.54) is 11.0 Å². The number of amides is 1. The molecule has 1 saturated carbocycles. The van der Waals surface area contributed by atoms with Crippen LogP contribution in [0, 0.1) is 0 Å². The van der Waals surface area contributed by atoms with E-state index in [9.17, 15) is 9.90 Å². The van der Waals surface area contributed by atoms with E-state index in [2.05, 4.69) is 14.5 Å². The Morgan fingerprint density at radius 3 is 2.83 bits per heavy atom. The van der Waals surface area contributed by atoms with Gasteiger partial charge in [-0.1, -0.05) is 31.5 Å². The monoisotopic (exact) mass is 424 g/mol. The molecular formula is C21H21ClN6O2. The zero-order valence-corrected chi connectivity index (χ0v) is 17.4. The molecule has 0 aliphatic heterocycles. The third kappa shape index (κ3) is 3.08. The minimum atomic E-state index is -1.10. The maximum absolute atomic E-state index is 12.3. The summed E-state index contributed by atoms with van der Waals surface area (Å²) in [4.78, 5) is 22.7. The van der Waals surface area contributed by atoms with Gasteiger partial charge < -0.3 is 9.51 Å². The van der Waals surface area contributed by atoms with Crippen molar-refractivity contribution in [2.45, 2.75) is 45.1 Å². The third-order valence-electron chi connectivity index (χ3n) is 5.49. The second-order valence-corrected chi connectivity index (χ2v) is 8.33. The Bertz CT molecular complexity index is 1270. The maximum atomic E-state index is 12.3. The highest BCUT2D eigenvalue weighted by Crippen LogP contribution is 2.42. The molecule has 0 spiro atoms. The van der Waals surface area contributed by atoms with Gasteiger partial charge in [-0.2, -0.15) is 9.61 Å². The van der Waals surface area contributed by atoms with Crippen LogP contribution in [0.5, 0.6) is 0 Å². The van der Waals surface area contributed by atoms with Crippen LogP contribution in [-0.4, -0.2) is 35.2 Å². The number of rotatable bonds is 5. The summed E-state index contributed by atoms with van der Waals surface area (Å²) in [5, 5.41) is 14.7. The van der Waals surface area contributed by atoms with Crippen LogP contribution >= 0.6 is 11.6 Å². The molecule has 4 heterocycles. The minimum absolute atomic E-state index is 0.106. The topological polar surface area (TPSA) is 88.0 Å². The van der Waals surface area contributed by atoms with Crippen LogP contribution in [-0.2, 0) is 6.54 Å². The average Bonchev–Trinajstić information content (AvgIpc) is 3.33. The molecule has 5 rings (SSSR count). The van der Waals surface area contributed by atoms with Gasteiger partial charge in [0.05, 0.1) is 24.1 Å². The molecule has 1 aliphatic carbocycles. The van der Waals surface area contributed by atoms with Crippen molar-refractivity contribution in [1.82, 2.24) is 24.0 Å². The molecule has 0 radical (unpaired) electrons. The van der Waals surface area contributed by atoms with Gasteiger partial charge in [0, 0.05) is 23.7 Å². The number of hydrogen-bond acceptors (Lipinski definition) is 4. The Morgan fingerprint density at radius 2 is 2.13 bits per heavy atom. The molecule has 1 fully saturated rings. The van der Waals surface area contributed by atoms with Gasteiger partial charge in [0.25, 0.3) is 0 Å². The predicted octanol–water partition coefficient (Wildman–Crippen LogP) is 4.72. The minimum Gasteiger partial charge on any atom is -0.465 e. The summed E-state index contributed by atoms with van der Waals surface area (Å²) in [6.45, 7) is 4.18. The quantitative estimate of drug-likeness (QED) is 0.468. The van der Waals surface area contributed by atoms with Crippen molar-refractivity contribution < 1.29 is 9.90 Å². The molecule has 0 unspecified atom stereocenters. The lowest BCUT2D eigenvalue weighted by molar-refractivity contribution is 0.201. The van der Waals surface area contributed by atoms with Gasteiger partial charge in [0.2, 0.25) is 0 Å². The second kappa shape index (κ2) is 6.98. The number of aromatic nitrogens is 5. The first kappa shape index (κ1) is 18.9. The Hall–Kier alpha value is -3.13. The fourth-order valence-electron chi connectivity index (χ4n) is 3.90. The lowest BCUT2D eigenvalue weighted by Gasteiger charge is -2.20. The molecule has 1 amide bonds. The summed E-state index contributed by atoms with van der Waals surface area (Å²) in [6.07, 6.45) is 4.77. The zero-order chi connectivity index (χ0) is 21.0. The van der Waals surface area contributed by atoms with Crippen LogP contribution in [0.25, 0.3) is 11.3 Å². The molecule has 1 aliphatic rings. The lowest BCUT2D eigenvalue weighted by Crippen LogP contribution is -2.31. The van der Waals surface area contributed by atoms with Crippen LogP contribution in [0.1, 0.15) is 55.5 Å². The molecule has 30 heavy (non-hydrogen) atoms. The van der Waals surface area contributed by atoms with Crippen molar-refractivity contribution in [3.05, 3.63) is 58.8 Å².